The van der Waals surface area contributed by atoms with Crippen molar-refractivity contribution in [3.63, 3.8) is 0 Å². The predicted octanol–water partition coefficient (Wildman–Crippen LogP) is -0.110. The van der Waals surface area contributed by atoms with Crippen LogP contribution in [0.1, 0.15) is 0 Å². The topological polar surface area (TPSA) is 92.5 Å². The lowest BCUT2D eigenvalue weighted by Crippen LogP contribution is -2.45. The van der Waals surface area contributed by atoms with Gasteiger partial charge in [0, 0.05) is 7.05 Å². The lowest BCUT2D eigenvalue weighted by molar-refractivity contribution is 0.211. The average Bonchev–Trinajstić information content (AvgIpc) is 2.18. The minimum Gasteiger partial charge on any atom is -0.350 e. The van der Waals surface area contributed by atoms with Gasteiger partial charge < -0.3 is 5.73 Å². The smallest absolute Gasteiger partial charge is 0.329 e. The Bertz CT molecular complexity index is 443. The summed E-state index contributed by atoms with van der Waals surface area (Å²) >= 11 is 0. The van der Waals surface area contributed by atoms with Crippen LogP contribution < -0.4 is 10.6 Å². The SMILES string of the molecule is CN(NS(=O)(=O)c1ccccc1)C(N)=O. The number of carbonyl (C=O) groups is 1. The van der Waals surface area contributed by atoms with E-state index in [2.05, 4.69) is 0 Å². The van der Waals surface area contributed by atoms with Crippen molar-refractivity contribution in [3.8, 4) is 0 Å². The second-order valence-corrected chi connectivity index (χ2v) is 4.47. The van der Waals surface area contributed by atoms with E-state index in [0.717, 1.165) is 0 Å². The van der Waals surface area contributed by atoms with Crippen molar-refractivity contribution >= 4 is 16.1 Å². The Morgan fingerprint density at radius 2 is 1.87 bits per heavy atom. The molecule has 0 aliphatic rings. The van der Waals surface area contributed by atoms with Crippen LogP contribution in [0.25, 0.3) is 0 Å². The lowest BCUT2D eigenvalue weighted by Gasteiger charge is -2.15. The third kappa shape index (κ3) is 2.93. The highest BCUT2D eigenvalue weighted by atomic mass is 32.2. The number of rotatable bonds is 3. The molecule has 0 spiro atoms. The second-order valence-electron chi connectivity index (χ2n) is 2.81. The van der Waals surface area contributed by atoms with Crippen molar-refractivity contribution in [2.24, 2.45) is 5.73 Å². The van der Waals surface area contributed by atoms with Gasteiger partial charge in [0.25, 0.3) is 10.0 Å². The first kappa shape index (κ1) is 11.5. The van der Waals surface area contributed by atoms with Crippen LogP contribution in [0, 0.1) is 0 Å². The number of sulfonamides is 1. The normalized spacial score (nSPS) is 11.0. The minimum atomic E-state index is -3.73. The van der Waals surface area contributed by atoms with E-state index < -0.39 is 16.1 Å². The molecule has 1 aromatic rings. The number of nitrogens with one attached hydrogen (secondary N) is 1. The molecule has 0 fully saturated rings. The molecule has 0 radical (unpaired) electrons. The lowest BCUT2D eigenvalue weighted by atomic mass is 10.4. The number of primary amides is 1. The van der Waals surface area contributed by atoms with Gasteiger partial charge in [-0.25, -0.2) is 18.2 Å². The Kier molecular flexibility index (Phi) is 3.28. The maximum Gasteiger partial charge on any atom is 0.329 e. The molecular weight excluding hydrogens is 218 g/mol. The Balaban J connectivity index is 2.91. The molecule has 0 aliphatic carbocycles. The number of nitrogens with two attached hydrogens (primary N) is 1. The van der Waals surface area contributed by atoms with E-state index in [4.69, 9.17) is 5.73 Å². The summed E-state index contributed by atoms with van der Waals surface area (Å²) in [6, 6.07) is 6.80. The predicted molar refractivity (Wildman–Crippen MR) is 54.1 cm³/mol. The zero-order chi connectivity index (χ0) is 11.5. The van der Waals surface area contributed by atoms with Crippen LogP contribution in [-0.2, 0) is 10.0 Å². The van der Waals surface area contributed by atoms with Gasteiger partial charge in [-0.1, -0.05) is 18.2 Å². The number of nitrogens with zero attached hydrogens (tertiary/aromatic N) is 1. The number of hydrazine groups is 1. The summed E-state index contributed by atoms with van der Waals surface area (Å²) in [5, 5.41) is 0.697. The van der Waals surface area contributed by atoms with Crippen molar-refractivity contribution in [1.82, 2.24) is 9.84 Å². The Morgan fingerprint density at radius 1 is 1.33 bits per heavy atom. The van der Waals surface area contributed by atoms with Crippen LogP contribution in [-0.4, -0.2) is 26.5 Å². The molecule has 15 heavy (non-hydrogen) atoms. The number of hydrogen-bond donors (Lipinski definition) is 2. The summed E-state index contributed by atoms with van der Waals surface area (Å²) in [5.74, 6) is 0. The fourth-order valence-electron chi connectivity index (χ4n) is 0.878. The number of amides is 2. The highest BCUT2D eigenvalue weighted by Gasteiger charge is 2.16. The van der Waals surface area contributed by atoms with Crippen molar-refractivity contribution in [2.75, 3.05) is 7.05 Å². The van der Waals surface area contributed by atoms with E-state index >= 15 is 0 Å². The minimum absolute atomic E-state index is 0.0677. The van der Waals surface area contributed by atoms with Gasteiger partial charge in [-0.05, 0) is 12.1 Å². The van der Waals surface area contributed by atoms with E-state index in [9.17, 15) is 13.2 Å². The molecule has 7 heteroatoms. The zero-order valence-electron chi connectivity index (χ0n) is 8.04. The van der Waals surface area contributed by atoms with E-state index in [-0.39, 0.29) is 4.90 Å². The first-order valence-corrected chi connectivity index (χ1v) is 5.52. The van der Waals surface area contributed by atoms with Gasteiger partial charge in [-0.2, -0.15) is 0 Å². The van der Waals surface area contributed by atoms with Crippen molar-refractivity contribution in [3.05, 3.63) is 30.3 Å². The zero-order valence-corrected chi connectivity index (χ0v) is 8.86. The molecule has 82 valence electrons. The van der Waals surface area contributed by atoms with Gasteiger partial charge in [0.1, 0.15) is 0 Å². The quantitative estimate of drug-likeness (QED) is 0.708. The fourth-order valence-corrected chi connectivity index (χ4v) is 1.95. The van der Waals surface area contributed by atoms with E-state index in [1.807, 2.05) is 4.83 Å². The highest BCUT2D eigenvalue weighted by molar-refractivity contribution is 7.89. The van der Waals surface area contributed by atoms with Gasteiger partial charge in [0.2, 0.25) is 0 Å². The van der Waals surface area contributed by atoms with Gasteiger partial charge in [0.05, 0.1) is 4.90 Å². The average molecular weight is 229 g/mol. The second kappa shape index (κ2) is 4.28. The number of carbonyl (C=O) groups excluding carboxylic acids is 1. The molecule has 0 saturated carbocycles. The molecule has 1 aromatic carbocycles. The van der Waals surface area contributed by atoms with Crippen LogP contribution >= 0.6 is 0 Å². The third-order valence-corrected chi connectivity index (χ3v) is 3.05. The van der Waals surface area contributed by atoms with Crippen molar-refractivity contribution in [2.45, 2.75) is 4.90 Å². The van der Waals surface area contributed by atoms with Crippen LogP contribution in [0.15, 0.2) is 35.2 Å². The van der Waals surface area contributed by atoms with Gasteiger partial charge >= 0.3 is 6.03 Å². The van der Waals surface area contributed by atoms with Gasteiger partial charge in [0.15, 0.2) is 0 Å². The third-order valence-electron chi connectivity index (χ3n) is 1.64. The monoisotopic (exact) mass is 229 g/mol. The molecule has 0 atom stereocenters. The molecule has 3 N–H and O–H groups in total. The molecule has 2 amide bonds. The standard InChI is InChI=1S/C8H11N3O3S/c1-11(8(9)12)10-15(13,14)7-5-3-2-4-6-7/h2-6,10H,1H3,(H2,9,12). The van der Waals surface area contributed by atoms with E-state index in [1.54, 1.807) is 18.2 Å². The molecule has 1 rings (SSSR count). The Hall–Kier alpha value is -1.60. The molecule has 6 nitrogen and oxygen atoms in total. The van der Waals surface area contributed by atoms with Crippen molar-refractivity contribution < 1.29 is 13.2 Å². The molecule has 0 unspecified atom stereocenters. The summed E-state index contributed by atoms with van der Waals surface area (Å²) in [6.45, 7) is 0. The van der Waals surface area contributed by atoms with Crippen molar-refractivity contribution in [1.29, 1.82) is 0 Å². The van der Waals surface area contributed by atoms with Crippen LogP contribution in [0.5, 0.6) is 0 Å². The molecule has 0 aromatic heterocycles. The largest absolute Gasteiger partial charge is 0.350 e. The molecule has 0 saturated heterocycles. The number of hydrogen-bond acceptors (Lipinski definition) is 3. The van der Waals surface area contributed by atoms with Crippen LogP contribution in [0.4, 0.5) is 4.79 Å². The maximum atomic E-state index is 11.6. The molecule has 0 aliphatic heterocycles. The molecule has 0 heterocycles. The maximum absolute atomic E-state index is 11.6. The van der Waals surface area contributed by atoms with Gasteiger partial charge in [-0.15, -0.1) is 4.83 Å². The molecule has 0 bridgehead atoms. The van der Waals surface area contributed by atoms with Crippen LogP contribution in [0.3, 0.4) is 0 Å². The Labute approximate surface area is 87.7 Å². The first-order chi connectivity index (χ1) is 6.93. The summed E-state index contributed by atoms with van der Waals surface area (Å²) in [6.07, 6.45) is 0. The summed E-state index contributed by atoms with van der Waals surface area (Å²) < 4.78 is 23.2. The number of urea groups is 1. The van der Waals surface area contributed by atoms with E-state index in [0.29, 0.717) is 5.01 Å². The number of benzene rings is 1. The first-order valence-electron chi connectivity index (χ1n) is 4.04. The Morgan fingerprint density at radius 3 is 2.33 bits per heavy atom. The van der Waals surface area contributed by atoms with E-state index in [1.165, 1.54) is 19.2 Å². The fraction of sp³-hybridized carbons (Fsp3) is 0.125. The van der Waals surface area contributed by atoms with Crippen LogP contribution in [0.2, 0.25) is 0 Å². The summed E-state index contributed by atoms with van der Waals surface area (Å²) in [7, 11) is -2.50. The van der Waals surface area contributed by atoms with Gasteiger partial charge in [-0.3, -0.25) is 0 Å². The highest BCUT2D eigenvalue weighted by Crippen LogP contribution is 2.06. The summed E-state index contributed by atoms with van der Waals surface area (Å²) in [5.41, 5.74) is 4.88. The summed E-state index contributed by atoms with van der Waals surface area (Å²) in [4.78, 5) is 12.7. The molecular formula is C8H11N3O3S.